The second-order valence-electron chi connectivity index (χ2n) is 5.43. The lowest BCUT2D eigenvalue weighted by Gasteiger charge is -2.08. The molecule has 0 fully saturated rings. The number of oxime groups is 1. The van der Waals surface area contributed by atoms with Gasteiger partial charge in [-0.2, -0.15) is 0 Å². The molecule has 1 aromatic carbocycles. The van der Waals surface area contributed by atoms with E-state index in [0.29, 0.717) is 0 Å². The second kappa shape index (κ2) is 11.2. The van der Waals surface area contributed by atoms with Gasteiger partial charge in [0.05, 0.1) is 0 Å². The molecule has 0 bridgehead atoms. The molecule has 11 nitrogen and oxygen atoms in total. The summed E-state index contributed by atoms with van der Waals surface area (Å²) < 4.78 is 5.02. The van der Waals surface area contributed by atoms with Gasteiger partial charge >= 0.3 is 12.1 Å². The Labute approximate surface area is 169 Å². The van der Waals surface area contributed by atoms with Crippen molar-refractivity contribution in [2.45, 2.75) is 6.61 Å². The highest BCUT2D eigenvalue weighted by molar-refractivity contribution is 7.13. The number of carbonyl (C=O) groups is 3. The molecule has 0 unspecified atom stereocenters. The number of carboxylic acid groups (broad SMARTS) is 1. The number of aliphatic carboxylic acids is 1. The average molecular weight is 421 g/mol. The summed E-state index contributed by atoms with van der Waals surface area (Å²) in [6, 6.07) is 9.19. The van der Waals surface area contributed by atoms with Crippen molar-refractivity contribution < 1.29 is 29.1 Å². The maximum atomic E-state index is 11.7. The molecule has 154 valence electrons. The largest absolute Gasteiger partial charge is 0.476 e. The van der Waals surface area contributed by atoms with E-state index in [4.69, 9.17) is 20.4 Å². The van der Waals surface area contributed by atoms with Gasteiger partial charge in [-0.05, 0) is 5.56 Å². The first-order chi connectivity index (χ1) is 14.0. The lowest BCUT2D eigenvalue weighted by atomic mass is 10.2. The Kier molecular flexibility index (Phi) is 8.38. The number of nitrogens with two attached hydrogens (primary N) is 1. The SMILES string of the molecule is Nc1nc(/C(=N/OCC(=O)NCCNC(=O)OCc2ccccc2)C(=O)O)cs1. The number of thiazole rings is 1. The molecule has 1 aromatic heterocycles. The molecule has 0 aliphatic carbocycles. The molecule has 2 rings (SSSR count). The minimum Gasteiger partial charge on any atom is -0.476 e. The standard InChI is InChI=1S/C17H19N5O6S/c18-16-21-12(10-29-16)14(15(24)25)22-28-9-13(23)19-6-7-20-17(26)27-8-11-4-2-1-3-5-11/h1-5,10H,6-9H2,(H2,18,21)(H,19,23)(H,20,26)(H,24,25)/b22-14-. The van der Waals surface area contributed by atoms with Gasteiger partial charge in [-0.1, -0.05) is 35.5 Å². The Balaban J connectivity index is 1.62. The zero-order chi connectivity index (χ0) is 21.1. The number of hydrogen-bond acceptors (Lipinski definition) is 9. The van der Waals surface area contributed by atoms with E-state index >= 15 is 0 Å². The van der Waals surface area contributed by atoms with Crippen molar-refractivity contribution in [2.24, 2.45) is 5.16 Å². The van der Waals surface area contributed by atoms with Gasteiger partial charge in [0.1, 0.15) is 12.3 Å². The highest BCUT2D eigenvalue weighted by Gasteiger charge is 2.17. The van der Waals surface area contributed by atoms with Crippen molar-refractivity contribution in [3.8, 4) is 0 Å². The number of carboxylic acids is 1. The van der Waals surface area contributed by atoms with Crippen molar-refractivity contribution in [2.75, 3.05) is 25.4 Å². The third kappa shape index (κ3) is 7.84. The van der Waals surface area contributed by atoms with Gasteiger partial charge in [0.2, 0.25) is 5.71 Å². The summed E-state index contributed by atoms with van der Waals surface area (Å²) in [6.07, 6.45) is -0.613. The Morgan fingerprint density at radius 3 is 2.55 bits per heavy atom. The Morgan fingerprint density at radius 2 is 1.90 bits per heavy atom. The number of benzene rings is 1. The normalized spacial score (nSPS) is 10.8. The van der Waals surface area contributed by atoms with Crippen molar-refractivity contribution in [3.05, 3.63) is 47.0 Å². The first kappa shape index (κ1) is 21.6. The molecular weight excluding hydrogens is 402 g/mol. The second-order valence-corrected chi connectivity index (χ2v) is 6.32. The van der Waals surface area contributed by atoms with E-state index < -0.39 is 30.3 Å². The van der Waals surface area contributed by atoms with Crippen LogP contribution in [0.3, 0.4) is 0 Å². The number of aromatic nitrogens is 1. The van der Waals surface area contributed by atoms with Crippen LogP contribution in [0.25, 0.3) is 0 Å². The Hall–Kier alpha value is -3.67. The topological polar surface area (TPSA) is 165 Å². The van der Waals surface area contributed by atoms with Gasteiger partial charge in [0.15, 0.2) is 11.7 Å². The first-order valence-electron chi connectivity index (χ1n) is 8.31. The summed E-state index contributed by atoms with van der Waals surface area (Å²) in [7, 11) is 0. The number of carbonyl (C=O) groups excluding carboxylic acids is 2. The molecule has 12 heteroatoms. The van der Waals surface area contributed by atoms with Gasteiger partial charge in [-0.15, -0.1) is 11.3 Å². The summed E-state index contributed by atoms with van der Waals surface area (Å²) >= 11 is 1.05. The van der Waals surface area contributed by atoms with Gasteiger partial charge in [-0.3, -0.25) is 4.79 Å². The molecule has 0 aliphatic rings. The van der Waals surface area contributed by atoms with Crippen LogP contribution in [0.4, 0.5) is 9.93 Å². The highest BCUT2D eigenvalue weighted by Crippen LogP contribution is 2.12. The summed E-state index contributed by atoms with van der Waals surface area (Å²) in [5.41, 5.74) is 5.88. The van der Waals surface area contributed by atoms with E-state index in [0.717, 1.165) is 16.9 Å². The summed E-state index contributed by atoms with van der Waals surface area (Å²) in [5.74, 6) is -1.91. The van der Waals surface area contributed by atoms with Crippen LogP contribution >= 0.6 is 11.3 Å². The van der Waals surface area contributed by atoms with Crippen LogP contribution in [0, 0.1) is 0 Å². The number of ether oxygens (including phenoxy) is 1. The maximum absolute atomic E-state index is 11.7. The fourth-order valence-corrected chi connectivity index (χ4v) is 2.49. The van der Waals surface area contributed by atoms with Crippen LogP contribution in [0.5, 0.6) is 0 Å². The van der Waals surface area contributed by atoms with Crippen LogP contribution in [-0.4, -0.2) is 53.5 Å². The smallest absolute Gasteiger partial charge is 0.407 e. The number of nitrogens with one attached hydrogen (secondary N) is 2. The van der Waals surface area contributed by atoms with E-state index in [1.54, 1.807) is 0 Å². The van der Waals surface area contributed by atoms with Gasteiger partial charge < -0.3 is 31.0 Å². The van der Waals surface area contributed by atoms with E-state index in [1.165, 1.54) is 5.38 Å². The lowest BCUT2D eigenvalue weighted by Crippen LogP contribution is -2.36. The first-order valence-corrected chi connectivity index (χ1v) is 9.19. The van der Waals surface area contributed by atoms with Crippen LogP contribution in [0.1, 0.15) is 11.3 Å². The number of amides is 2. The molecule has 0 saturated heterocycles. The molecule has 0 saturated carbocycles. The monoisotopic (exact) mass is 421 g/mol. The fraction of sp³-hybridized carbons (Fsp3) is 0.235. The molecule has 0 spiro atoms. The predicted molar refractivity (Wildman–Crippen MR) is 104 cm³/mol. The number of anilines is 1. The van der Waals surface area contributed by atoms with Gasteiger partial charge in [0.25, 0.3) is 5.91 Å². The maximum Gasteiger partial charge on any atom is 0.407 e. The van der Waals surface area contributed by atoms with Crippen LogP contribution in [0.15, 0.2) is 40.9 Å². The molecule has 1 heterocycles. The molecule has 0 radical (unpaired) electrons. The van der Waals surface area contributed by atoms with Crippen molar-refractivity contribution in [1.82, 2.24) is 15.6 Å². The summed E-state index contributed by atoms with van der Waals surface area (Å²) in [5, 5.41) is 19.1. The summed E-state index contributed by atoms with van der Waals surface area (Å²) in [4.78, 5) is 42.9. The molecule has 0 aliphatic heterocycles. The highest BCUT2D eigenvalue weighted by atomic mass is 32.1. The van der Waals surface area contributed by atoms with Crippen LogP contribution in [-0.2, 0) is 25.8 Å². The average Bonchev–Trinajstić information content (AvgIpc) is 3.13. The predicted octanol–water partition coefficient (Wildman–Crippen LogP) is 0.573. The van der Waals surface area contributed by atoms with Crippen LogP contribution < -0.4 is 16.4 Å². The van der Waals surface area contributed by atoms with E-state index in [2.05, 4.69) is 20.8 Å². The van der Waals surface area contributed by atoms with E-state index in [-0.39, 0.29) is 30.5 Å². The minimum absolute atomic E-state index is 0.0404. The Morgan fingerprint density at radius 1 is 1.17 bits per heavy atom. The molecule has 0 atom stereocenters. The van der Waals surface area contributed by atoms with E-state index in [1.807, 2.05) is 30.3 Å². The number of hydrogen-bond donors (Lipinski definition) is 4. The number of nitrogen functional groups attached to an aromatic ring is 1. The third-order valence-electron chi connectivity index (χ3n) is 3.25. The van der Waals surface area contributed by atoms with Gasteiger partial charge in [0, 0.05) is 18.5 Å². The van der Waals surface area contributed by atoms with E-state index in [9.17, 15) is 14.4 Å². The van der Waals surface area contributed by atoms with Crippen molar-refractivity contribution in [3.63, 3.8) is 0 Å². The van der Waals surface area contributed by atoms with Crippen molar-refractivity contribution >= 4 is 40.1 Å². The number of rotatable bonds is 10. The lowest BCUT2D eigenvalue weighted by molar-refractivity contribution is -0.130. The molecule has 29 heavy (non-hydrogen) atoms. The number of alkyl carbamates (subject to hydrolysis) is 1. The third-order valence-corrected chi connectivity index (χ3v) is 3.92. The Bertz CT molecular complexity index is 870. The minimum atomic E-state index is -1.37. The molecule has 2 amide bonds. The molecular formula is C17H19N5O6S. The molecule has 5 N–H and O–H groups in total. The zero-order valence-electron chi connectivity index (χ0n) is 15.2. The zero-order valence-corrected chi connectivity index (χ0v) is 16.0. The van der Waals surface area contributed by atoms with Crippen molar-refractivity contribution in [1.29, 1.82) is 0 Å². The van der Waals surface area contributed by atoms with Crippen LogP contribution in [0.2, 0.25) is 0 Å². The molecule has 2 aromatic rings. The quantitative estimate of drug-likeness (QED) is 0.245. The number of nitrogens with zero attached hydrogens (tertiary/aromatic N) is 2. The summed E-state index contributed by atoms with van der Waals surface area (Å²) in [6.45, 7) is -0.0991. The van der Waals surface area contributed by atoms with Gasteiger partial charge in [-0.25, -0.2) is 14.6 Å². The fourth-order valence-electron chi connectivity index (χ4n) is 1.94.